The molecule has 0 unspecified atom stereocenters. The number of fused-ring (bicyclic) bond motifs is 19. The third kappa shape index (κ3) is 15.1. The molecule has 0 radical (unpaired) electrons. The van der Waals surface area contributed by atoms with Gasteiger partial charge in [0, 0.05) is 147 Å². The maximum absolute atomic E-state index is 9.92. The van der Waals surface area contributed by atoms with Gasteiger partial charge >= 0.3 is 0 Å². The molecule has 19 aromatic carbocycles. The van der Waals surface area contributed by atoms with Crippen LogP contribution >= 0.6 is 11.3 Å². The van der Waals surface area contributed by atoms with Crippen LogP contribution in [0.3, 0.4) is 0 Å². The molecule has 670 valence electrons. The Kier molecular flexibility index (Phi) is 20.9. The number of nitriles is 3. The van der Waals surface area contributed by atoms with Crippen LogP contribution in [0, 0.1) is 34.0 Å². The third-order valence-electron chi connectivity index (χ3n) is 26.9. The molecular formula is C128H75N13O2S. The zero-order valence-electron chi connectivity index (χ0n) is 76.8. The molecule has 0 atom stereocenters. The highest BCUT2D eigenvalue weighted by atomic mass is 32.1. The minimum absolute atomic E-state index is 0.532. The van der Waals surface area contributed by atoms with Gasteiger partial charge in [-0.15, -0.1) is 11.3 Å². The Morgan fingerprint density at radius 2 is 0.611 bits per heavy atom. The topological polar surface area (TPSA) is 203 Å². The van der Waals surface area contributed by atoms with Gasteiger partial charge < -0.3 is 22.5 Å². The van der Waals surface area contributed by atoms with Crippen LogP contribution < -0.4 is 0 Å². The summed E-state index contributed by atoms with van der Waals surface area (Å²) < 4.78 is 22.4. The SMILES string of the molecule is N#Cc1ccc(-c2nc(-c3ccccc3)nc(-c3ccc(-n4c5ccccc5c5ccc6c7ccccc7oc6c54)cc3)n2)cc1-c1ccccc1.N#Cc1cccc(-c2cc(-c3ccccc3)nc(-c3cccc(-n4c5ccccc5c5cc6oc7ccccc7c6cc54)c3)n2)c1.N#Cc1cccc(-c2cc(-c3ccccc3)nc(-c3cccc(-n4c5ccccc5c5cc6sc7ccccc7c6cc54)c3)n2)c1. The summed E-state index contributed by atoms with van der Waals surface area (Å²) in [6.07, 6.45) is 0. The number of rotatable bonds is 13. The van der Waals surface area contributed by atoms with Crippen LogP contribution in [0.15, 0.2) is 464 Å². The molecule has 0 spiro atoms. The fourth-order valence-electron chi connectivity index (χ4n) is 20.2. The number of hydrogen-bond donors (Lipinski definition) is 0. The molecule has 9 heterocycles. The molecule has 15 nitrogen and oxygen atoms in total. The highest BCUT2D eigenvalue weighted by Gasteiger charge is 2.26. The molecule has 28 aromatic rings. The first kappa shape index (κ1) is 84.5. The Hall–Kier alpha value is -20.0. The van der Waals surface area contributed by atoms with Gasteiger partial charge in [-0.05, 0) is 175 Å². The fourth-order valence-corrected chi connectivity index (χ4v) is 21.3. The van der Waals surface area contributed by atoms with Gasteiger partial charge in [-0.1, -0.05) is 285 Å². The van der Waals surface area contributed by atoms with Crippen molar-refractivity contribution >= 4 is 141 Å². The first-order chi connectivity index (χ1) is 71.2. The minimum atomic E-state index is 0.532. The van der Waals surface area contributed by atoms with Crippen molar-refractivity contribution in [3.8, 4) is 148 Å². The number of nitrogens with zero attached hydrogens (tertiary/aromatic N) is 13. The molecular weight excluding hydrogens is 1780 g/mol. The van der Waals surface area contributed by atoms with Crippen LogP contribution in [-0.2, 0) is 0 Å². The minimum Gasteiger partial charge on any atom is -0.456 e. The van der Waals surface area contributed by atoms with E-state index in [-0.39, 0.29) is 0 Å². The summed E-state index contributed by atoms with van der Waals surface area (Å²) in [5.41, 5.74) is 28.1. The number of thiophene rings is 1. The van der Waals surface area contributed by atoms with E-state index in [1.807, 2.05) is 205 Å². The van der Waals surface area contributed by atoms with E-state index in [2.05, 4.69) is 287 Å². The zero-order chi connectivity index (χ0) is 95.8. The van der Waals surface area contributed by atoms with Gasteiger partial charge in [0.15, 0.2) is 34.7 Å². The maximum Gasteiger partial charge on any atom is 0.164 e. The predicted octanol–water partition coefficient (Wildman–Crippen LogP) is 32.6. The van der Waals surface area contributed by atoms with Gasteiger partial charge in [-0.3, -0.25) is 0 Å². The lowest BCUT2D eigenvalue weighted by Gasteiger charge is -2.12. The molecule has 0 N–H and O–H groups in total. The van der Waals surface area contributed by atoms with E-state index in [1.165, 1.54) is 36.5 Å². The lowest BCUT2D eigenvalue weighted by molar-refractivity contribution is 0.669. The molecule has 0 amide bonds. The van der Waals surface area contributed by atoms with Gasteiger partial charge in [0.05, 0.1) is 90.8 Å². The first-order valence-corrected chi connectivity index (χ1v) is 48.2. The number of para-hydroxylation sites is 5. The van der Waals surface area contributed by atoms with E-state index in [0.29, 0.717) is 45.8 Å². The Balaban J connectivity index is 0.000000110. The Morgan fingerprint density at radius 1 is 0.208 bits per heavy atom. The second-order valence-corrected chi connectivity index (χ2v) is 36.6. The van der Waals surface area contributed by atoms with E-state index in [0.717, 1.165) is 194 Å². The van der Waals surface area contributed by atoms with Crippen LogP contribution in [-0.4, -0.2) is 48.6 Å². The summed E-state index contributed by atoms with van der Waals surface area (Å²) in [7, 11) is 0. The van der Waals surface area contributed by atoms with E-state index < -0.39 is 0 Å². The normalized spacial score (nSPS) is 11.5. The standard InChI is InChI=1S/C46H27N5O.C41H24N4O.C41H24N4S/c47-28-33-20-19-32(27-39(33)29-11-3-1-4-12-29)46-49-44(30-13-5-2-6-14-30)48-45(50-46)31-21-23-34(24-22-31)51-40-17-9-7-15-35(40)37-25-26-38-36-16-8-10-18-41(36)52-43(38)42(37)51;2*42-25-26-10-8-13-28(20-26)36-24-35(27-11-2-1-3-12-27)43-41(44-36)29-14-9-15-30(21-29)45-37-18-6-4-16-31(37)33-23-40-34(22-38(33)45)32-17-5-7-19-39(32)46-40/h1-27H;2*1-24H. The first-order valence-electron chi connectivity index (χ1n) is 47.4. The van der Waals surface area contributed by atoms with Crippen LogP contribution in [0.1, 0.15) is 16.7 Å². The largest absolute Gasteiger partial charge is 0.456 e. The Labute approximate surface area is 828 Å². The smallest absolute Gasteiger partial charge is 0.164 e. The zero-order valence-corrected chi connectivity index (χ0v) is 77.7. The summed E-state index contributed by atoms with van der Waals surface area (Å²) in [5, 5.41) is 43.0. The number of benzene rings is 19. The van der Waals surface area contributed by atoms with Crippen molar-refractivity contribution in [2.24, 2.45) is 0 Å². The second-order valence-electron chi connectivity index (χ2n) is 35.5. The van der Waals surface area contributed by atoms with Gasteiger partial charge in [0.2, 0.25) is 0 Å². The van der Waals surface area contributed by atoms with E-state index in [4.69, 9.17) is 43.7 Å². The molecule has 0 aliphatic rings. The molecule has 0 saturated heterocycles. The van der Waals surface area contributed by atoms with Crippen LogP contribution in [0.25, 0.3) is 260 Å². The number of aromatic nitrogens is 10. The van der Waals surface area contributed by atoms with Crippen molar-refractivity contribution in [3.05, 3.63) is 472 Å². The lowest BCUT2D eigenvalue weighted by atomic mass is 9.97. The summed E-state index contributed by atoms with van der Waals surface area (Å²) in [5.74, 6) is 2.91. The molecule has 0 aliphatic carbocycles. The molecule has 16 heteroatoms. The number of hydrogen-bond acceptors (Lipinski definition) is 13. The van der Waals surface area contributed by atoms with Crippen LogP contribution in [0.2, 0.25) is 0 Å². The van der Waals surface area contributed by atoms with Crippen LogP contribution in [0.5, 0.6) is 0 Å². The molecule has 0 aliphatic heterocycles. The van der Waals surface area contributed by atoms with Crippen LogP contribution in [0.4, 0.5) is 0 Å². The lowest BCUT2D eigenvalue weighted by Crippen LogP contribution is -2.01. The highest BCUT2D eigenvalue weighted by Crippen LogP contribution is 2.46. The van der Waals surface area contributed by atoms with Crippen molar-refractivity contribution in [3.63, 3.8) is 0 Å². The van der Waals surface area contributed by atoms with Crippen molar-refractivity contribution in [2.75, 3.05) is 0 Å². The maximum atomic E-state index is 9.92. The Bertz CT molecular complexity index is 9790. The van der Waals surface area contributed by atoms with E-state index in [9.17, 15) is 15.8 Å². The molecule has 0 saturated carbocycles. The van der Waals surface area contributed by atoms with E-state index >= 15 is 0 Å². The quantitative estimate of drug-likeness (QED) is 0.106. The fraction of sp³-hybridized carbons (Fsp3) is 0. The van der Waals surface area contributed by atoms with E-state index in [1.54, 1.807) is 6.07 Å². The molecule has 9 aromatic heterocycles. The number of furan rings is 2. The monoisotopic (exact) mass is 1860 g/mol. The van der Waals surface area contributed by atoms with Crippen molar-refractivity contribution < 1.29 is 8.83 Å². The molecule has 144 heavy (non-hydrogen) atoms. The summed E-state index contributed by atoms with van der Waals surface area (Å²) in [4.78, 5) is 35.2. The van der Waals surface area contributed by atoms with Gasteiger partial charge in [-0.2, -0.15) is 15.8 Å². The molecule has 0 bridgehead atoms. The second kappa shape index (κ2) is 35.6. The van der Waals surface area contributed by atoms with Gasteiger partial charge in [0.1, 0.15) is 16.7 Å². The highest BCUT2D eigenvalue weighted by molar-refractivity contribution is 7.25. The van der Waals surface area contributed by atoms with Gasteiger partial charge in [-0.25, -0.2) is 34.9 Å². The predicted molar refractivity (Wildman–Crippen MR) is 583 cm³/mol. The Morgan fingerprint density at radius 3 is 1.17 bits per heavy atom. The van der Waals surface area contributed by atoms with Crippen molar-refractivity contribution in [2.45, 2.75) is 0 Å². The molecule has 0 fully saturated rings. The summed E-state index contributed by atoms with van der Waals surface area (Å²) in [6.45, 7) is 0. The average Bonchev–Trinajstić information content (AvgIpc) is 1.53. The summed E-state index contributed by atoms with van der Waals surface area (Å²) >= 11 is 1.85. The molecule has 28 rings (SSSR count). The third-order valence-corrected chi connectivity index (χ3v) is 28.1. The summed E-state index contributed by atoms with van der Waals surface area (Å²) in [6, 6.07) is 161. The van der Waals surface area contributed by atoms with Crippen molar-refractivity contribution in [1.29, 1.82) is 15.8 Å². The van der Waals surface area contributed by atoms with Gasteiger partial charge in [0.25, 0.3) is 0 Å². The van der Waals surface area contributed by atoms with Crippen molar-refractivity contribution in [1.82, 2.24) is 48.6 Å². The average molecular weight is 1860 g/mol.